The number of aryl methyl sites for hydroxylation is 1. The molecule has 2 aromatic heterocycles. The van der Waals surface area contributed by atoms with Crippen molar-refractivity contribution in [2.24, 2.45) is 0 Å². The van der Waals surface area contributed by atoms with Crippen LogP contribution in [0.4, 0.5) is 0 Å². The van der Waals surface area contributed by atoms with E-state index in [1.807, 2.05) is 30.3 Å². The van der Waals surface area contributed by atoms with Crippen LogP contribution < -0.4 is 11.2 Å². The lowest BCUT2D eigenvalue weighted by molar-refractivity contribution is 0.361. The van der Waals surface area contributed by atoms with Gasteiger partial charge in [-0.1, -0.05) is 35.5 Å². The van der Waals surface area contributed by atoms with Gasteiger partial charge in [-0.25, -0.2) is 9.36 Å². The highest BCUT2D eigenvalue weighted by atomic mass is 16.5. The van der Waals surface area contributed by atoms with Gasteiger partial charge in [0.05, 0.1) is 0 Å². The van der Waals surface area contributed by atoms with Gasteiger partial charge in [0.15, 0.2) is 5.82 Å². The fraction of sp³-hybridized carbons (Fsp3) is 0.235. The lowest BCUT2D eigenvalue weighted by Gasteiger charge is -2.07. The Balaban J connectivity index is 1.90. The van der Waals surface area contributed by atoms with Crippen molar-refractivity contribution < 1.29 is 4.52 Å². The molecule has 3 rings (SSSR count). The van der Waals surface area contributed by atoms with E-state index in [-0.39, 0.29) is 18.0 Å². The Morgan fingerprint density at radius 1 is 1.24 bits per heavy atom. The zero-order chi connectivity index (χ0) is 17.8. The van der Waals surface area contributed by atoms with Crippen LogP contribution >= 0.6 is 0 Å². The van der Waals surface area contributed by atoms with E-state index in [0.717, 1.165) is 10.1 Å². The average Bonchev–Trinajstić information content (AvgIpc) is 3.07. The van der Waals surface area contributed by atoms with Crippen LogP contribution in [0, 0.1) is 11.3 Å². The average molecular weight is 337 g/mol. The molecule has 0 saturated carbocycles. The van der Waals surface area contributed by atoms with Crippen LogP contribution in [0.3, 0.4) is 0 Å². The molecule has 1 aromatic carbocycles. The van der Waals surface area contributed by atoms with Gasteiger partial charge in [-0.3, -0.25) is 9.36 Å². The summed E-state index contributed by atoms with van der Waals surface area (Å²) in [4.78, 5) is 28.8. The SMILES string of the molecule is CCn1cc(C#N)c(=O)n(Cc2nc(Cc3ccccc3)no2)c1=O. The molecule has 0 atom stereocenters. The Kier molecular flexibility index (Phi) is 4.57. The molecular formula is C17H15N5O3. The van der Waals surface area contributed by atoms with Gasteiger partial charge in [0.2, 0.25) is 5.89 Å². The van der Waals surface area contributed by atoms with Crippen LogP contribution in [0.25, 0.3) is 0 Å². The Morgan fingerprint density at radius 2 is 2.00 bits per heavy atom. The van der Waals surface area contributed by atoms with Gasteiger partial charge in [0, 0.05) is 19.2 Å². The first kappa shape index (κ1) is 16.4. The fourth-order valence-corrected chi connectivity index (χ4v) is 2.44. The third kappa shape index (κ3) is 3.40. The largest absolute Gasteiger partial charge is 0.337 e. The number of aromatic nitrogens is 4. The van der Waals surface area contributed by atoms with Crippen molar-refractivity contribution in [1.82, 2.24) is 19.3 Å². The van der Waals surface area contributed by atoms with Gasteiger partial charge in [0.25, 0.3) is 5.56 Å². The highest BCUT2D eigenvalue weighted by Crippen LogP contribution is 2.06. The second-order valence-electron chi connectivity index (χ2n) is 5.38. The smallest absolute Gasteiger partial charge is 0.331 e. The molecule has 0 aliphatic carbocycles. The minimum atomic E-state index is -0.667. The molecule has 8 nitrogen and oxygen atoms in total. The summed E-state index contributed by atoms with van der Waals surface area (Å²) in [5.41, 5.74) is -0.272. The third-order valence-electron chi connectivity index (χ3n) is 3.71. The maximum atomic E-state index is 12.3. The molecule has 8 heteroatoms. The minimum absolute atomic E-state index is 0.106. The monoisotopic (exact) mass is 337 g/mol. The summed E-state index contributed by atoms with van der Waals surface area (Å²) in [6.45, 7) is 1.92. The first-order chi connectivity index (χ1) is 12.1. The van der Waals surface area contributed by atoms with Crippen LogP contribution in [0.1, 0.15) is 29.8 Å². The lowest BCUT2D eigenvalue weighted by Crippen LogP contribution is -2.41. The number of nitrogens with zero attached hydrogens (tertiary/aromatic N) is 5. The first-order valence-electron chi connectivity index (χ1n) is 7.72. The van der Waals surface area contributed by atoms with Crippen molar-refractivity contribution in [3.05, 3.63) is 80.2 Å². The summed E-state index contributed by atoms with van der Waals surface area (Å²) in [6.07, 6.45) is 1.74. The van der Waals surface area contributed by atoms with Crippen LogP contribution in [-0.4, -0.2) is 19.3 Å². The maximum absolute atomic E-state index is 12.3. The van der Waals surface area contributed by atoms with E-state index in [9.17, 15) is 9.59 Å². The van der Waals surface area contributed by atoms with Gasteiger partial charge in [0.1, 0.15) is 18.2 Å². The number of benzene rings is 1. The first-order valence-corrected chi connectivity index (χ1v) is 7.72. The molecule has 0 bridgehead atoms. The van der Waals surface area contributed by atoms with Crippen molar-refractivity contribution >= 4 is 0 Å². The fourth-order valence-electron chi connectivity index (χ4n) is 2.44. The van der Waals surface area contributed by atoms with E-state index >= 15 is 0 Å². The number of rotatable bonds is 5. The van der Waals surface area contributed by atoms with E-state index in [0.29, 0.717) is 18.8 Å². The molecule has 0 N–H and O–H groups in total. The summed E-state index contributed by atoms with van der Waals surface area (Å²) in [7, 11) is 0. The van der Waals surface area contributed by atoms with Gasteiger partial charge in [-0.2, -0.15) is 10.2 Å². The second kappa shape index (κ2) is 6.97. The summed E-state index contributed by atoms with van der Waals surface area (Å²) in [5.74, 6) is 0.601. The van der Waals surface area contributed by atoms with Crippen LogP contribution in [0.2, 0.25) is 0 Å². The van der Waals surface area contributed by atoms with E-state index < -0.39 is 11.2 Å². The molecule has 0 aliphatic rings. The van der Waals surface area contributed by atoms with Crippen molar-refractivity contribution in [2.45, 2.75) is 26.4 Å². The molecule has 0 fully saturated rings. The molecule has 2 heterocycles. The van der Waals surface area contributed by atoms with E-state index in [4.69, 9.17) is 9.78 Å². The normalized spacial score (nSPS) is 10.6. The van der Waals surface area contributed by atoms with Gasteiger partial charge < -0.3 is 4.52 Å². The van der Waals surface area contributed by atoms with E-state index in [1.54, 1.807) is 13.0 Å². The molecule has 25 heavy (non-hydrogen) atoms. The van der Waals surface area contributed by atoms with Gasteiger partial charge in [-0.05, 0) is 12.5 Å². The minimum Gasteiger partial charge on any atom is -0.337 e. The number of hydrogen-bond donors (Lipinski definition) is 0. The lowest BCUT2D eigenvalue weighted by atomic mass is 10.1. The standard InChI is InChI=1S/C17H15N5O3/c1-2-21-10-13(9-18)16(23)22(17(21)24)11-15-19-14(20-25-15)8-12-6-4-3-5-7-12/h3-7,10H,2,8,11H2,1H3. The Labute approximate surface area is 142 Å². The Hall–Kier alpha value is -3.47. The zero-order valence-electron chi connectivity index (χ0n) is 13.5. The number of hydrogen-bond acceptors (Lipinski definition) is 6. The molecule has 0 aliphatic heterocycles. The molecule has 0 amide bonds. The molecule has 0 unspecified atom stereocenters. The quantitative estimate of drug-likeness (QED) is 0.685. The molecule has 0 radical (unpaired) electrons. The Morgan fingerprint density at radius 3 is 2.68 bits per heavy atom. The van der Waals surface area contributed by atoms with Crippen LogP contribution in [0.15, 0.2) is 50.6 Å². The summed E-state index contributed by atoms with van der Waals surface area (Å²) < 4.78 is 7.37. The highest BCUT2D eigenvalue weighted by molar-refractivity contribution is 5.23. The van der Waals surface area contributed by atoms with Gasteiger partial charge in [-0.15, -0.1) is 0 Å². The third-order valence-corrected chi connectivity index (χ3v) is 3.71. The zero-order valence-corrected chi connectivity index (χ0v) is 13.5. The second-order valence-corrected chi connectivity index (χ2v) is 5.38. The summed E-state index contributed by atoms with van der Waals surface area (Å²) >= 11 is 0. The summed E-state index contributed by atoms with van der Waals surface area (Å²) in [6, 6.07) is 11.4. The molecule has 3 aromatic rings. The number of nitriles is 1. The van der Waals surface area contributed by atoms with Crippen molar-refractivity contribution in [3.63, 3.8) is 0 Å². The predicted octanol–water partition coefficient (Wildman–Crippen LogP) is 0.924. The van der Waals surface area contributed by atoms with Crippen LogP contribution in [-0.2, 0) is 19.5 Å². The topological polar surface area (TPSA) is 107 Å². The predicted molar refractivity (Wildman–Crippen MR) is 88.0 cm³/mol. The van der Waals surface area contributed by atoms with Crippen LogP contribution in [0.5, 0.6) is 0 Å². The molecule has 126 valence electrons. The van der Waals surface area contributed by atoms with Crippen molar-refractivity contribution in [2.75, 3.05) is 0 Å². The molecule has 0 saturated heterocycles. The van der Waals surface area contributed by atoms with Crippen molar-refractivity contribution in [3.8, 4) is 6.07 Å². The highest BCUT2D eigenvalue weighted by Gasteiger charge is 2.14. The Bertz CT molecular complexity index is 1040. The molecule has 0 spiro atoms. The van der Waals surface area contributed by atoms with Gasteiger partial charge >= 0.3 is 5.69 Å². The summed E-state index contributed by atoms with van der Waals surface area (Å²) in [5, 5.41) is 12.9. The van der Waals surface area contributed by atoms with E-state index in [1.165, 1.54) is 10.8 Å². The van der Waals surface area contributed by atoms with E-state index in [2.05, 4.69) is 10.1 Å². The molecular weight excluding hydrogens is 322 g/mol. The van der Waals surface area contributed by atoms with Crippen molar-refractivity contribution in [1.29, 1.82) is 5.26 Å². The maximum Gasteiger partial charge on any atom is 0.331 e.